The molecule has 0 aromatic heterocycles. The molecular weight excluding hydrogens is 604 g/mol. The Balaban J connectivity index is 2.50. The van der Waals surface area contributed by atoms with Crippen molar-refractivity contribution in [1.29, 1.82) is 0 Å². The van der Waals surface area contributed by atoms with Gasteiger partial charge in [-0.15, -0.1) is 0 Å². The zero-order valence-corrected chi connectivity index (χ0v) is 27.6. The second-order valence-corrected chi connectivity index (χ2v) is 14.2. The fraction of sp³-hybridized carbons (Fsp3) is 0.576. The van der Waals surface area contributed by atoms with Crippen LogP contribution in [0.5, 0.6) is 0 Å². The monoisotopic (exact) mass is 653 g/mol. The first-order chi connectivity index (χ1) is 21.3. The van der Waals surface area contributed by atoms with Crippen molar-refractivity contribution in [2.24, 2.45) is 11.7 Å². The highest BCUT2D eigenvalue weighted by atomic mass is 32.2. The van der Waals surface area contributed by atoms with Gasteiger partial charge in [0, 0.05) is 12.6 Å². The second kappa shape index (κ2) is 18.9. The van der Waals surface area contributed by atoms with Crippen molar-refractivity contribution in [3.8, 4) is 0 Å². The van der Waals surface area contributed by atoms with Crippen LogP contribution in [0, 0.1) is 17.6 Å². The molecule has 0 spiro atoms. The number of nitrogens with two attached hydrogens (primary N) is 1. The zero-order valence-electron chi connectivity index (χ0n) is 26.8. The highest BCUT2D eigenvalue weighted by Crippen LogP contribution is 2.21. The summed E-state index contributed by atoms with van der Waals surface area (Å²) < 4.78 is 60.5. The molecule has 0 aliphatic heterocycles. The number of halogens is 2. The van der Waals surface area contributed by atoms with Crippen LogP contribution in [0.15, 0.2) is 48.5 Å². The third kappa shape index (κ3) is 12.8. The van der Waals surface area contributed by atoms with E-state index in [0.717, 1.165) is 18.6 Å². The van der Waals surface area contributed by atoms with E-state index in [4.69, 9.17) is 10.5 Å². The summed E-state index contributed by atoms with van der Waals surface area (Å²) in [7, 11) is -3.85. The topological polar surface area (TPSA) is 139 Å². The van der Waals surface area contributed by atoms with E-state index in [9.17, 15) is 31.9 Å². The van der Waals surface area contributed by atoms with E-state index in [-0.39, 0.29) is 25.1 Å². The summed E-state index contributed by atoms with van der Waals surface area (Å²) in [5, 5.41) is 13.7. The number of ether oxygens (including phenoxy) is 1. The lowest BCUT2D eigenvalue weighted by Crippen LogP contribution is -2.59. The summed E-state index contributed by atoms with van der Waals surface area (Å²) in [6.07, 6.45) is -0.120. The minimum atomic E-state index is -3.85. The Morgan fingerprint density at radius 1 is 0.978 bits per heavy atom. The van der Waals surface area contributed by atoms with Crippen LogP contribution in [0.25, 0.3) is 0 Å². The summed E-state index contributed by atoms with van der Waals surface area (Å²) >= 11 is 0. The lowest BCUT2D eigenvalue weighted by molar-refractivity contribution is -0.134. The summed E-state index contributed by atoms with van der Waals surface area (Å²) in [6.45, 7) is 8.02. The van der Waals surface area contributed by atoms with Crippen LogP contribution in [0.1, 0.15) is 70.9 Å². The molecule has 2 aromatic carbocycles. The molecule has 0 heterocycles. The number of aliphatic hydroxyl groups excluding tert-OH is 1. The number of carbonyl (C=O) groups is 2. The predicted molar refractivity (Wildman–Crippen MR) is 171 cm³/mol. The van der Waals surface area contributed by atoms with Gasteiger partial charge < -0.3 is 20.9 Å². The van der Waals surface area contributed by atoms with Gasteiger partial charge in [-0.1, -0.05) is 70.9 Å². The van der Waals surface area contributed by atoms with Crippen molar-refractivity contribution in [3.63, 3.8) is 0 Å². The second-order valence-electron chi connectivity index (χ2n) is 11.9. The number of hydrogen-bond donors (Lipinski definition) is 3. The summed E-state index contributed by atoms with van der Waals surface area (Å²) in [5.74, 6) is -3.18. The highest BCUT2D eigenvalue weighted by molar-refractivity contribution is 7.92. The van der Waals surface area contributed by atoms with E-state index in [0.29, 0.717) is 54.7 Å². The molecule has 2 aromatic rings. The van der Waals surface area contributed by atoms with Crippen LogP contribution in [0.3, 0.4) is 0 Å². The number of aliphatic hydroxyl groups is 1. The van der Waals surface area contributed by atoms with E-state index in [2.05, 4.69) is 5.32 Å². The molecule has 9 nitrogen and oxygen atoms in total. The lowest BCUT2D eigenvalue weighted by Gasteiger charge is -2.34. The molecule has 12 heteroatoms. The van der Waals surface area contributed by atoms with Crippen molar-refractivity contribution in [2.45, 2.75) is 96.3 Å². The Morgan fingerprint density at radius 2 is 1.58 bits per heavy atom. The number of amides is 2. The number of imide groups is 1. The number of nitrogens with one attached hydrogen (secondary N) is 1. The van der Waals surface area contributed by atoms with Gasteiger partial charge in [-0.2, -0.15) is 0 Å². The lowest BCUT2D eigenvalue weighted by atomic mass is 9.98. The Labute approximate surface area is 266 Å². The SMILES string of the molecule is CCCC(CCC)S(=O)(=O)CC(N)C(=O)N(C(=O)OCc1ccccc1)[C@@H](Cc1cc(F)cc(F)c1)[C@H](O)CNCCC(C)C. The number of carbonyl (C=O) groups excluding carboxylic acids is 2. The number of hydrogen-bond acceptors (Lipinski definition) is 8. The molecule has 0 radical (unpaired) electrons. The molecule has 2 amide bonds. The van der Waals surface area contributed by atoms with Gasteiger partial charge in [0.25, 0.3) is 0 Å². The van der Waals surface area contributed by atoms with E-state index in [1.165, 1.54) is 0 Å². The van der Waals surface area contributed by atoms with Crippen LogP contribution in [0.4, 0.5) is 13.6 Å². The van der Waals surface area contributed by atoms with Gasteiger partial charge in [0.15, 0.2) is 9.84 Å². The van der Waals surface area contributed by atoms with E-state index >= 15 is 0 Å². The molecular formula is C33H49F2N3O6S. The van der Waals surface area contributed by atoms with Crippen LogP contribution < -0.4 is 11.1 Å². The molecule has 0 saturated heterocycles. The Hall–Kier alpha value is -2.93. The Kier molecular flexibility index (Phi) is 16.1. The molecule has 0 saturated carbocycles. The van der Waals surface area contributed by atoms with E-state index in [1.54, 1.807) is 30.3 Å². The molecule has 0 aliphatic rings. The Morgan fingerprint density at radius 3 is 2.13 bits per heavy atom. The van der Waals surface area contributed by atoms with Gasteiger partial charge in [0.2, 0.25) is 5.91 Å². The smallest absolute Gasteiger partial charge is 0.417 e. The predicted octanol–water partition coefficient (Wildman–Crippen LogP) is 4.75. The van der Waals surface area contributed by atoms with Gasteiger partial charge in [0.1, 0.15) is 18.2 Å². The van der Waals surface area contributed by atoms with Crippen molar-refractivity contribution in [3.05, 3.63) is 71.3 Å². The summed E-state index contributed by atoms with van der Waals surface area (Å²) in [6, 6.07) is 8.38. The Bertz CT molecular complexity index is 1290. The van der Waals surface area contributed by atoms with Crippen molar-refractivity contribution in [1.82, 2.24) is 10.2 Å². The van der Waals surface area contributed by atoms with Crippen molar-refractivity contribution >= 4 is 21.8 Å². The minimum Gasteiger partial charge on any atom is -0.444 e. The number of rotatable bonds is 19. The molecule has 45 heavy (non-hydrogen) atoms. The van der Waals surface area contributed by atoms with Crippen molar-refractivity contribution < 1.29 is 36.6 Å². The quantitative estimate of drug-likeness (QED) is 0.185. The summed E-state index contributed by atoms with van der Waals surface area (Å²) in [5.41, 5.74) is 6.90. The molecule has 3 atom stereocenters. The van der Waals surface area contributed by atoms with Gasteiger partial charge in [-0.3, -0.25) is 4.79 Å². The fourth-order valence-corrected chi connectivity index (χ4v) is 7.21. The molecule has 1 unspecified atom stereocenters. The number of nitrogens with zero attached hydrogens (tertiary/aromatic N) is 1. The van der Waals surface area contributed by atoms with Crippen LogP contribution in [-0.2, 0) is 32.4 Å². The van der Waals surface area contributed by atoms with Crippen molar-refractivity contribution in [2.75, 3.05) is 18.8 Å². The largest absolute Gasteiger partial charge is 0.444 e. The first kappa shape index (κ1) is 38.3. The average molecular weight is 654 g/mol. The normalized spacial score (nSPS) is 13.9. The molecule has 0 fully saturated rings. The maximum absolute atomic E-state index is 14.2. The fourth-order valence-electron chi connectivity index (χ4n) is 5.11. The first-order valence-corrected chi connectivity index (χ1v) is 17.3. The third-order valence-corrected chi connectivity index (χ3v) is 9.80. The van der Waals surface area contributed by atoms with Gasteiger partial charge in [-0.25, -0.2) is 26.9 Å². The molecule has 2 rings (SSSR count). The third-order valence-electron chi connectivity index (χ3n) is 7.49. The van der Waals surface area contributed by atoms with Gasteiger partial charge in [0.05, 0.1) is 29.2 Å². The maximum Gasteiger partial charge on any atom is 0.417 e. The van der Waals surface area contributed by atoms with Gasteiger partial charge in [-0.05, 0) is 61.4 Å². The van der Waals surface area contributed by atoms with Crippen LogP contribution >= 0.6 is 0 Å². The van der Waals surface area contributed by atoms with E-state index in [1.807, 2.05) is 27.7 Å². The number of sulfone groups is 1. The molecule has 252 valence electrons. The first-order valence-electron chi connectivity index (χ1n) is 15.6. The molecule has 0 aliphatic carbocycles. The minimum absolute atomic E-state index is 0.0690. The molecule has 4 N–H and O–H groups in total. The summed E-state index contributed by atoms with van der Waals surface area (Å²) in [4.78, 5) is 28.2. The van der Waals surface area contributed by atoms with Crippen LogP contribution in [0.2, 0.25) is 0 Å². The zero-order chi connectivity index (χ0) is 33.6. The number of benzene rings is 2. The van der Waals surface area contributed by atoms with Crippen LogP contribution in [-0.4, -0.2) is 72.7 Å². The average Bonchev–Trinajstić information content (AvgIpc) is 2.97. The highest BCUT2D eigenvalue weighted by Gasteiger charge is 2.40. The van der Waals surface area contributed by atoms with E-state index < -0.39 is 62.7 Å². The maximum atomic E-state index is 14.2. The van der Waals surface area contributed by atoms with Gasteiger partial charge >= 0.3 is 6.09 Å². The molecule has 0 bridgehead atoms. The standard InChI is InChI=1S/C33H49F2N3O6S/c1-5-10-28(11-6-2)45(42,43)22-29(36)32(40)38(33(41)44-21-24-12-8-7-9-13-24)30(31(39)20-37-15-14-23(3)4)18-25-16-26(34)19-27(35)17-25/h7-9,12-13,16-17,19,23,28-31,37,39H,5-6,10-11,14-15,18,20-22,36H2,1-4H3/t29?,30-,31+/m0/s1.